The SMILES string of the molecule is COC(=O)/C=C/C(=O)OCC(C)(C)C(O)C(=O)N1CCOCC1. The highest BCUT2D eigenvalue weighted by atomic mass is 16.5. The molecule has 1 amide bonds. The summed E-state index contributed by atoms with van der Waals surface area (Å²) in [7, 11) is 1.19. The number of rotatable bonds is 6. The van der Waals surface area contributed by atoms with Crippen LogP contribution in [-0.2, 0) is 28.6 Å². The highest BCUT2D eigenvalue weighted by molar-refractivity contribution is 5.91. The first-order valence-electron chi connectivity index (χ1n) is 7.25. The van der Waals surface area contributed by atoms with E-state index < -0.39 is 29.4 Å². The molecule has 0 aromatic rings. The van der Waals surface area contributed by atoms with E-state index in [1.807, 2.05) is 0 Å². The number of nitrogens with zero attached hydrogens (tertiary/aromatic N) is 1. The number of carbonyl (C=O) groups is 3. The summed E-state index contributed by atoms with van der Waals surface area (Å²) in [5, 5.41) is 10.3. The molecule has 0 aromatic heterocycles. The number of aliphatic hydroxyl groups is 1. The number of amides is 1. The lowest BCUT2D eigenvalue weighted by Crippen LogP contribution is -2.51. The highest BCUT2D eigenvalue weighted by Crippen LogP contribution is 2.23. The van der Waals surface area contributed by atoms with Crippen LogP contribution in [0.3, 0.4) is 0 Å². The van der Waals surface area contributed by atoms with Gasteiger partial charge in [-0.3, -0.25) is 4.79 Å². The Labute approximate surface area is 135 Å². The Bertz CT molecular complexity index is 466. The van der Waals surface area contributed by atoms with Crippen molar-refractivity contribution in [3.8, 4) is 0 Å². The lowest BCUT2D eigenvalue weighted by Gasteiger charge is -2.34. The molecule has 1 aliphatic rings. The molecule has 1 atom stereocenters. The maximum Gasteiger partial charge on any atom is 0.331 e. The molecular formula is C15H23NO7. The highest BCUT2D eigenvalue weighted by Gasteiger charge is 2.37. The number of hydrogen-bond donors (Lipinski definition) is 1. The van der Waals surface area contributed by atoms with Crippen LogP contribution in [0.2, 0.25) is 0 Å². The van der Waals surface area contributed by atoms with Gasteiger partial charge in [0.25, 0.3) is 5.91 Å². The molecule has 1 heterocycles. The van der Waals surface area contributed by atoms with Gasteiger partial charge in [0.2, 0.25) is 0 Å². The maximum absolute atomic E-state index is 12.2. The third-order valence-corrected chi connectivity index (χ3v) is 3.44. The van der Waals surface area contributed by atoms with Gasteiger partial charge in [-0.05, 0) is 0 Å². The van der Waals surface area contributed by atoms with Gasteiger partial charge in [-0.2, -0.15) is 0 Å². The number of aliphatic hydroxyl groups excluding tert-OH is 1. The Morgan fingerprint density at radius 3 is 2.35 bits per heavy atom. The van der Waals surface area contributed by atoms with Crippen LogP contribution < -0.4 is 0 Å². The van der Waals surface area contributed by atoms with Gasteiger partial charge in [-0.25, -0.2) is 9.59 Å². The fraction of sp³-hybridized carbons (Fsp3) is 0.667. The molecule has 0 aromatic carbocycles. The van der Waals surface area contributed by atoms with Crippen molar-refractivity contribution in [2.75, 3.05) is 40.0 Å². The molecule has 130 valence electrons. The fourth-order valence-electron chi connectivity index (χ4n) is 1.88. The van der Waals surface area contributed by atoms with Crippen molar-refractivity contribution in [1.82, 2.24) is 4.90 Å². The molecular weight excluding hydrogens is 306 g/mol. The van der Waals surface area contributed by atoms with Gasteiger partial charge in [-0.15, -0.1) is 0 Å². The number of morpholine rings is 1. The number of carbonyl (C=O) groups excluding carboxylic acids is 3. The van der Waals surface area contributed by atoms with Crippen molar-refractivity contribution in [2.24, 2.45) is 5.41 Å². The molecule has 1 fully saturated rings. The minimum absolute atomic E-state index is 0.172. The van der Waals surface area contributed by atoms with Crippen molar-refractivity contribution in [2.45, 2.75) is 20.0 Å². The summed E-state index contributed by atoms with van der Waals surface area (Å²) < 4.78 is 14.5. The molecule has 0 bridgehead atoms. The lowest BCUT2D eigenvalue weighted by atomic mass is 9.86. The van der Waals surface area contributed by atoms with Crippen LogP contribution in [0.25, 0.3) is 0 Å². The van der Waals surface area contributed by atoms with Gasteiger partial charge in [0, 0.05) is 30.7 Å². The average molecular weight is 329 g/mol. The summed E-state index contributed by atoms with van der Waals surface area (Å²) in [4.78, 5) is 36.1. The minimum Gasteiger partial charge on any atom is -0.466 e. The summed E-state index contributed by atoms with van der Waals surface area (Å²) >= 11 is 0. The van der Waals surface area contributed by atoms with E-state index in [0.29, 0.717) is 26.3 Å². The van der Waals surface area contributed by atoms with Crippen molar-refractivity contribution in [1.29, 1.82) is 0 Å². The van der Waals surface area contributed by atoms with Crippen LogP contribution in [0.15, 0.2) is 12.2 Å². The predicted octanol–water partition coefficient (Wildman–Crippen LogP) is -0.495. The van der Waals surface area contributed by atoms with Gasteiger partial charge >= 0.3 is 11.9 Å². The summed E-state index contributed by atoms with van der Waals surface area (Å²) in [5.74, 6) is -1.85. The molecule has 23 heavy (non-hydrogen) atoms. The topological polar surface area (TPSA) is 102 Å². The zero-order valence-corrected chi connectivity index (χ0v) is 13.6. The summed E-state index contributed by atoms with van der Waals surface area (Å²) in [6.45, 7) is 4.79. The Kier molecular flexibility index (Phi) is 7.18. The van der Waals surface area contributed by atoms with Gasteiger partial charge in [0.15, 0.2) is 0 Å². The average Bonchev–Trinajstić information content (AvgIpc) is 2.57. The molecule has 0 spiro atoms. The molecule has 8 nitrogen and oxygen atoms in total. The second kappa shape index (κ2) is 8.64. The standard InChI is InChI=1S/C15H23NO7/c1-15(2,10-23-12(18)5-4-11(17)21-3)13(19)14(20)16-6-8-22-9-7-16/h4-5,13,19H,6-10H2,1-3H3/b5-4+. The van der Waals surface area contributed by atoms with Crippen LogP contribution in [0.4, 0.5) is 0 Å². The van der Waals surface area contributed by atoms with Gasteiger partial charge in [0.05, 0.1) is 26.9 Å². The van der Waals surface area contributed by atoms with Gasteiger partial charge in [-0.1, -0.05) is 13.8 Å². The van der Waals surface area contributed by atoms with E-state index in [1.165, 1.54) is 12.0 Å². The first kappa shape index (κ1) is 19.1. The zero-order chi connectivity index (χ0) is 17.5. The van der Waals surface area contributed by atoms with Crippen LogP contribution in [0.5, 0.6) is 0 Å². The Morgan fingerprint density at radius 1 is 1.22 bits per heavy atom. The minimum atomic E-state index is -1.31. The maximum atomic E-state index is 12.2. The fourth-order valence-corrected chi connectivity index (χ4v) is 1.88. The molecule has 1 N–H and O–H groups in total. The lowest BCUT2D eigenvalue weighted by molar-refractivity contribution is -0.157. The van der Waals surface area contributed by atoms with Crippen LogP contribution in [0, 0.1) is 5.41 Å². The Hall–Kier alpha value is -1.93. The van der Waals surface area contributed by atoms with Gasteiger partial charge < -0.3 is 24.2 Å². The molecule has 1 aliphatic heterocycles. The zero-order valence-electron chi connectivity index (χ0n) is 13.6. The Balaban J connectivity index is 2.53. The van der Waals surface area contributed by atoms with Crippen molar-refractivity contribution < 1.29 is 33.7 Å². The number of hydrogen-bond acceptors (Lipinski definition) is 7. The molecule has 8 heteroatoms. The first-order valence-corrected chi connectivity index (χ1v) is 7.25. The Morgan fingerprint density at radius 2 is 1.78 bits per heavy atom. The third kappa shape index (κ3) is 5.99. The smallest absolute Gasteiger partial charge is 0.331 e. The summed E-state index contributed by atoms with van der Waals surface area (Å²) in [6, 6.07) is 0. The predicted molar refractivity (Wildman–Crippen MR) is 79.3 cm³/mol. The van der Waals surface area contributed by atoms with Crippen LogP contribution in [-0.4, -0.2) is 74.0 Å². The van der Waals surface area contributed by atoms with Crippen LogP contribution >= 0.6 is 0 Å². The van der Waals surface area contributed by atoms with E-state index in [4.69, 9.17) is 9.47 Å². The van der Waals surface area contributed by atoms with Crippen molar-refractivity contribution in [3.05, 3.63) is 12.2 Å². The van der Waals surface area contributed by atoms with Crippen LogP contribution in [0.1, 0.15) is 13.8 Å². The molecule has 0 radical (unpaired) electrons. The van der Waals surface area contributed by atoms with E-state index in [-0.39, 0.29) is 6.61 Å². The number of esters is 2. The second-order valence-electron chi connectivity index (χ2n) is 5.79. The van der Waals surface area contributed by atoms with Crippen molar-refractivity contribution in [3.63, 3.8) is 0 Å². The molecule has 0 saturated carbocycles. The van der Waals surface area contributed by atoms with E-state index >= 15 is 0 Å². The normalized spacial score (nSPS) is 17.0. The second-order valence-corrected chi connectivity index (χ2v) is 5.79. The quantitative estimate of drug-likeness (QED) is 0.518. The van der Waals surface area contributed by atoms with E-state index in [2.05, 4.69) is 4.74 Å². The van der Waals surface area contributed by atoms with E-state index in [1.54, 1.807) is 13.8 Å². The number of ether oxygens (including phenoxy) is 3. The number of methoxy groups -OCH3 is 1. The van der Waals surface area contributed by atoms with E-state index in [9.17, 15) is 19.5 Å². The third-order valence-electron chi connectivity index (χ3n) is 3.44. The monoisotopic (exact) mass is 329 g/mol. The summed E-state index contributed by atoms with van der Waals surface area (Å²) in [5.41, 5.74) is -0.968. The largest absolute Gasteiger partial charge is 0.466 e. The molecule has 1 unspecified atom stereocenters. The van der Waals surface area contributed by atoms with Crippen molar-refractivity contribution >= 4 is 17.8 Å². The first-order chi connectivity index (χ1) is 10.8. The van der Waals surface area contributed by atoms with Gasteiger partial charge in [0.1, 0.15) is 6.10 Å². The van der Waals surface area contributed by atoms with E-state index in [0.717, 1.165) is 12.2 Å². The molecule has 0 aliphatic carbocycles. The molecule has 1 saturated heterocycles. The molecule has 1 rings (SSSR count). The summed E-state index contributed by atoms with van der Waals surface area (Å²) in [6.07, 6.45) is 0.556.